The van der Waals surface area contributed by atoms with Crippen LogP contribution in [0.4, 0.5) is 8.78 Å². The van der Waals surface area contributed by atoms with E-state index in [2.05, 4.69) is 4.98 Å². The van der Waals surface area contributed by atoms with Gasteiger partial charge < -0.3 is 4.40 Å². The van der Waals surface area contributed by atoms with E-state index in [9.17, 15) is 13.6 Å². The minimum Gasteiger partial charge on any atom is -0.302 e. The fourth-order valence-electron chi connectivity index (χ4n) is 1.93. The molecule has 0 amide bonds. The largest absolute Gasteiger partial charge is 0.302 e. The van der Waals surface area contributed by atoms with E-state index in [1.165, 1.54) is 10.5 Å². The molecule has 0 saturated heterocycles. The van der Waals surface area contributed by atoms with Crippen molar-refractivity contribution < 1.29 is 13.6 Å². The summed E-state index contributed by atoms with van der Waals surface area (Å²) < 4.78 is 27.9. The summed E-state index contributed by atoms with van der Waals surface area (Å²) in [6.45, 7) is 0. The number of aldehydes is 1. The number of carbonyl (C=O) groups excluding carboxylic acids is 1. The van der Waals surface area contributed by atoms with Crippen LogP contribution in [0.15, 0.2) is 24.3 Å². The number of hydrogen-bond acceptors (Lipinski definition) is 2. The maximum absolute atomic E-state index is 13.3. The third kappa shape index (κ3) is 1.41. The van der Waals surface area contributed by atoms with Crippen LogP contribution < -0.4 is 0 Å². The second-order valence-corrected chi connectivity index (χ2v) is 4.11. The highest BCUT2D eigenvalue weighted by molar-refractivity contribution is 6.33. The molecule has 3 aromatic rings. The van der Waals surface area contributed by atoms with Gasteiger partial charge in [0, 0.05) is 12.1 Å². The minimum atomic E-state index is -1.01. The van der Waals surface area contributed by atoms with Gasteiger partial charge in [0.05, 0.1) is 22.2 Å². The molecule has 6 heteroatoms. The van der Waals surface area contributed by atoms with Crippen LogP contribution in [0.5, 0.6) is 0 Å². The fourth-order valence-corrected chi connectivity index (χ4v) is 2.17. The normalized spacial score (nSPS) is 11.3. The molecule has 0 spiro atoms. The Morgan fingerprint density at radius 1 is 1.17 bits per heavy atom. The Labute approximate surface area is 105 Å². The smallest absolute Gasteiger partial charge is 0.166 e. The van der Waals surface area contributed by atoms with Gasteiger partial charge in [-0.05, 0) is 12.1 Å². The molecule has 18 heavy (non-hydrogen) atoms. The second kappa shape index (κ2) is 3.74. The van der Waals surface area contributed by atoms with Crippen molar-refractivity contribution in [1.29, 1.82) is 0 Å². The molecule has 0 aliphatic heterocycles. The Morgan fingerprint density at radius 2 is 1.89 bits per heavy atom. The molecule has 2 heterocycles. The zero-order valence-electron chi connectivity index (χ0n) is 8.82. The van der Waals surface area contributed by atoms with Gasteiger partial charge in [-0.25, -0.2) is 13.8 Å². The van der Waals surface area contributed by atoms with Gasteiger partial charge in [-0.15, -0.1) is 0 Å². The summed E-state index contributed by atoms with van der Waals surface area (Å²) in [6, 6.07) is 5.08. The fraction of sp³-hybridized carbons (Fsp3) is 0. The van der Waals surface area contributed by atoms with Gasteiger partial charge in [0.15, 0.2) is 23.1 Å². The van der Waals surface area contributed by atoms with E-state index in [0.717, 1.165) is 12.1 Å². The Morgan fingerprint density at radius 3 is 2.61 bits per heavy atom. The van der Waals surface area contributed by atoms with E-state index in [-0.39, 0.29) is 10.7 Å². The molecular weight excluding hydrogens is 262 g/mol. The number of hydrogen-bond donors (Lipinski definition) is 0. The van der Waals surface area contributed by atoms with Crippen molar-refractivity contribution in [2.75, 3.05) is 0 Å². The predicted molar refractivity (Wildman–Crippen MR) is 63.0 cm³/mol. The van der Waals surface area contributed by atoms with Gasteiger partial charge in [-0.1, -0.05) is 11.6 Å². The molecule has 1 aromatic carbocycles. The summed E-state index contributed by atoms with van der Waals surface area (Å²) in [6.07, 6.45) is 0.615. The lowest BCUT2D eigenvalue weighted by molar-refractivity contribution is 0.111. The van der Waals surface area contributed by atoms with Crippen molar-refractivity contribution in [3.8, 4) is 0 Å². The highest BCUT2D eigenvalue weighted by Gasteiger charge is 2.13. The lowest BCUT2D eigenvalue weighted by Crippen LogP contribution is -1.98. The predicted octanol–water partition coefficient (Wildman–Crippen LogP) is 3.23. The number of fused-ring (bicyclic) bond motifs is 3. The first-order chi connectivity index (χ1) is 8.61. The van der Waals surface area contributed by atoms with Gasteiger partial charge in [-0.2, -0.15) is 0 Å². The maximum Gasteiger partial charge on any atom is 0.166 e. The molecule has 90 valence electrons. The third-order valence-electron chi connectivity index (χ3n) is 2.72. The van der Waals surface area contributed by atoms with E-state index in [0.29, 0.717) is 23.0 Å². The number of halogens is 3. The zero-order valence-corrected chi connectivity index (χ0v) is 9.58. The van der Waals surface area contributed by atoms with Gasteiger partial charge in [0.25, 0.3) is 0 Å². The van der Waals surface area contributed by atoms with Crippen LogP contribution in [0.2, 0.25) is 5.15 Å². The molecule has 0 bridgehead atoms. The molecule has 0 fully saturated rings. The summed E-state index contributed by atoms with van der Waals surface area (Å²) in [5, 5.41) is 0.126. The summed E-state index contributed by atoms with van der Waals surface area (Å²) in [5.41, 5.74) is 1.24. The van der Waals surface area contributed by atoms with Crippen LogP contribution in [0.3, 0.4) is 0 Å². The number of aromatic nitrogens is 2. The summed E-state index contributed by atoms with van der Waals surface area (Å²) in [4.78, 5) is 14.9. The van der Waals surface area contributed by atoms with Crippen LogP contribution >= 0.6 is 11.6 Å². The number of carbonyl (C=O) groups is 1. The SMILES string of the molecule is O=Cc1ccc2c(Cl)nc3cc(F)c(F)cc3n12. The molecule has 3 rings (SSSR count). The van der Waals surface area contributed by atoms with Crippen LogP contribution in [0.1, 0.15) is 10.5 Å². The summed E-state index contributed by atoms with van der Waals surface area (Å²) >= 11 is 5.93. The lowest BCUT2D eigenvalue weighted by Gasteiger charge is -2.06. The zero-order chi connectivity index (χ0) is 12.9. The first kappa shape index (κ1) is 11.1. The van der Waals surface area contributed by atoms with Crippen molar-refractivity contribution in [1.82, 2.24) is 9.38 Å². The molecule has 0 atom stereocenters. The topological polar surface area (TPSA) is 34.4 Å². The second-order valence-electron chi connectivity index (χ2n) is 3.75. The van der Waals surface area contributed by atoms with Crippen LogP contribution in [-0.4, -0.2) is 15.7 Å². The van der Waals surface area contributed by atoms with E-state index in [1.807, 2.05) is 0 Å². The standard InChI is InChI=1S/C12H5ClF2N2O/c13-12-10-2-1-6(5-18)17(10)11-4-8(15)7(14)3-9(11)16-12/h1-5H. The summed E-state index contributed by atoms with van der Waals surface area (Å²) in [7, 11) is 0. The first-order valence-electron chi connectivity index (χ1n) is 5.02. The Hall–Kier alpha value is -2.01. The Kier molecular flexibility index (Phi) is 2.31. The Bertz CT molecular complexity index is 798. The summed E-state index contributed by atoms with van der Waals surface area (Å²) in [5.74, 6) is -2.01. The molecule has 0 saturated carbocycles. The minimum absolute atomic E-state index is 0.126. The van der Waals surface area contributed by atoms with Crippen LogP contribution in [0.25, 0.3) is 16.6 Å². The van der Waals surface area contributed by atoms with E-state index in [4.69, 9.17) is 11.6 Å². The van der Waals surface area contributed by atoms with Crippen molar-refractivity contribution in [3.05, 3.63) is 46.7 Å². The molecule has 0 radical (unpaired) electrons. The molecule has 0 unspecified atom stereocenters. The Balaban J connectivity index is 2.61. The molecule has 2 aromatic heterocycles. The van der Waals surface area contributed by atoms with Gasteiger partial charge in [0.1, 0.15) is 0 Å². The highest BCUT2D eigenvalue weighted by atomic mass is 35.5. The molecule has 0 N–H and O–H groups in total. The molecular formula is C12H5ClF2N2O. The number of nitrogens with zero attached hydrogens (tertiary/aromatic N) is 2. The van der Waals surface area contributed by atoms with Gasteiger partial charge in [0.2, 0.25) is 0 Å². The van der Waals surface area contributed by atoms with Crippen LogP contribution in [-0.2, 0) is 0 Å². The van der Waals surface area contributed by atoms with Gasteiger partial charge >= 0.3 is 0 Å². The van der Waals surface area contributed by atoms with Crippen molar-refractivity contribution in [2.24, 2.45) is 0 Å². The quantitative estimate of drug-likeness (QED) is 0.634. The highest BCUT2D eigenvalue weighted by Crippen LogP contribution is 2.25. The van der Waals surface area contributed by atoms with Crippen molar-refractivity contribution in [3.63, 3.8) is 0 Å². The van der Waals surface area contributed by atoms with Crippen molar-refractivity contribution in [2.45, 2.75) is 0 Å². The van der Waals surface area contributed by atoms with Crippen molar-refractivity contribution >= 4 is 34.4 Å². The molecule has 0 aliphatic carbocycles. The maximum atomic E-state index is 13.3. The average Bonchev–Trinajstić information content (AvgIpc) is 2.76. The van der Waals surface area contributed by atoms with Gasteiger partial charge in [-0.3, -0.25) is 4.79 Å². The third-order valence-corrected chi connectivity index (χ3v) is 3.00. The van der Waals surface area contributed by atoms with Crippen LogP contribution in [0, 0.1) is 11.6 Å². The number of benzene rings is 1. The van der Waals surface area contributed by atoms with E-state index in [1.54, 1.807) is 6.07 Å². The van der Waals surface area contributed by atoms with E-state index < -0.39 is 11.6 Å². The monoisotopic (exact) mass is 266 g/mol. The average molecular weight is 267 g/mol. The van der Waals surface area contributed by atoms with E-state index >= 15 is 0 Å². The molecule has 3 nitrogen and oxygen atoms in total. The molecule has 0 aliphatic rings. The lowest BCUT2D eigenvalue weighted by atomic mass is 10.2. The first-order valence-corrected chi connectivity index (χ1v) is 5.40. The number of rotatable bonds is 1.